The molecule has 1 aromatic heterocycles. The largest absolute Gasteiger partial charge is 0.360 e. The summed E-state index contributed by atoms with van der Waals surface area (Å²) in [6, 6.07) is 0.221. The normalized spacial score (nSPS) is 13.2. The molecule has 0 bridgehead atoms. The molecule has 0 saturated carbocycles. The summed E-state index contributed by atoms with van der Waals surface area (Å²) in [5.74, 6) is 0.657. The minimum Gasteiger partial charge on any atom is -0.360 e. The van der Waals surface area contributed by atoms with E-state index in [1.807, 2.05) is 12.3 Å². The monoisotopic (exact) mass is 213 g/mol. The molecule has 14 heavy (non-hydrogen) atoms. The van der Waals surface area contributed by atoms with E-state index in [2.05, 4.69) is 24.1 Å². The van der Waals surface area contributed by atoms with E-state index in [0.717, 1.165) is 23.8 Å². The Hall–Kier alpha value is -0.610. The first-order valence-corrected chi connectivity index (χ1v) is 5.87. The number of hydrogen-bond donors (Lipinski definition) is 2. The zero-order valence-corrected chi connectivity index (χ0v) is 9.90. The lowest BCUT2D eigenvalue weighted by Crippen LogP contribution is -2.30. The van der Waals surface area contributed by atoms with Crippen LogP contribution >= 0.6 is 11.3 Å². The Labute approximate surface area is 89.7 Å². The predicted octanol–water partition coefficient (Wildman–Crippen LogP) is 2.24. The maximum absolute atomic E-state index is 5.94. The second-order valence-corrected chi connectivity index (χ2v) is 4.92. The van der Waals surface area contributed by atoms with Crippen LogP contribution in [0.15, 0.2) is 5.38 Å². The second-order valence-electron chi connectivity index (χ2n) is 4.06. The molecule has 4 heteroatoms. The summed E-state index contributed by atoms with van der Waals surface area (Å²) in [7, 11) is 0. The Morgan fingerprint density at radius 3 is 2.79 bits per heavy atom. The van der Waals surface area contributed by atoms with Crippen molar-refractivity contribution in [2.75, 3.05) is 11.9 Å². The first-order valence-electron chi connectivity index (χ1n) is 4.99. The van der Waals surface area contributed by atoms with Crippen LogP contribution in [0.25, 0.3) is 0 Å². The van der Waals surface area contributed by atoms with Crippen molar-refractivity contribution in [3.63, 3.8) is 0 Å². The first kappa shape index (κ1) is 11.5. The lowest BCUT2D eigenvalue weighted by Gasteiger charge is -2.13. The van der Waals surface area contributed by atoms with Gasteiger partial charge >= 0.3 is 0 Å². The van der Waals surface area contributed by atoms with Gasteiger partial charge in [0.15, 0.2) is 5.13 Å². The molecule has 0 aliphatic carbocycles. The van der Waals surface area contributed by atoms with E-state index in [1.54, 1.807) is 11.3 Å². The van der Waals surface area contributed by atoms with Gasteiger partial charge in [-0.2, -0.15) is 0 Å². The summed E-state index contributed by atoms with van der Waals surface area (Å²) >= 11 is 1.63. The lowest BCUT2D eigenvalue weighted by molar-refractivity contribution is 0.508. The standard InChI is InChI=1S/C10H19N3S/c1-7(2)4-9(11)5-12-10-13-8(3)6-14-10/h6-7,9H,4-5,11H2,1-3H3,(H,12,13). The van der Waals surface area contributed by atoms with Crippen molar-refractivity contribution in [3.8, 4) is 0 Å². The average molecular weight is 213 g/mol. The Morgan fingerprint density at radius 1 is 1.57 bits per heavy atom. The van der Waals surface area contributed by atoms with Gasteiger partial charge in [0.05, 0.1) is 5.69 Å². The average Bonchev–Trinajstić information content (AvgIpc) is 2.47. The number of thiazole rings is 1. The summed E-state index contributed by atoms with van der Waals surface area (Å²) in [4.78, 5) is 4.31. The maximum atomic E-state index is 5.94. The van der Waals surface area contributed by atoms with Gasteiger partial charge in [-0.1, -0.05) is 13.8 Å². The van der Waals surface area contributed by atoms with Gasteiger partial charge in [0, 0.05) is 18.0 Å². The van der Waals surface area contributed by atoms with Gasteiger partial charge in [0.25, 0.3) is 0 Å². The van der Waals surface area contributed by atoms with Gasteiger partial charge in [0.2, 0.25) is 0 Å². The van der Waals surface area contributed by atoms with Gasteiger partial charge in [-0.05, 0) is 19.3 Å². The van der Waals surface area contributed by atoms with Crippen molar-refractivity contribution in [2.24, 2.45) is 11.7 Å². The van der Waals surface area contributed by atoms with E-state index in [1.165, 1.54) is 0 Å². The Bertz CT molecular complexity index is 270. The number of hydrogen-bond acceptors (Lipinski definition) is 4. The van der Waals surface area contributed by atoms with Gasteiger partial charge in [-0.15, -0.1) is 11.3 Å². The van der Waals surface area contributed by atoms with E-state index in [-0.39, 0.29) is 6.04 Å². The van der Waals surface area contributed by atoms with Crippen LogP contribution in [0.2, 0.25) is 0 Å². The van der Waals surface area contributed by atoms with E-state index in [0.29, 0.717) is 5.92 Å². The highest BCUT2D eigenvalue weighted by Gasteiger charge is 2.06. The van der Waals surface area contributed by atoms with Gasteiger partial charge in [0.1, 0.15) is 0 Å². The number of aryl methyl sites for hydroxylation is 1. The molecule has 0 aromatic carbocycles. The Kier molecular flexibility index (Phi) is 4.35. The molecule has 80 valence electrons. The third-order valence-electron chi connectivity index (χ3n) is 1.91. The molecule has 0 saturated heterocycles. The van der Waals surface area contributed by atoms with E-state index in [4.69, 9.17) is 5.73 Å². The van der Waals surface area contributed by atoms with Crippen LogP contribution in [-0.2, 0) is 0 Å². The van der Waals surface area contributed by atoms with Crippen molar-refractivity contribution >= 4 is 16.5 Å². The minimum absolute atomic E-state index is 0.221. The molecule has 3 N–H and O–H groups in total. The molecule has 1 heterocycles. The quantitative estimate of drug-likeness (QED) is 0.788. The van der Waals surface area contributed by atoms with Crippen LogP contribution in [-0.4, -0.2) is 17.6 Å². The van der Waals surface area contributed by atoms with Crippen LogP contribution < -0.4 is 11.1 Å². The molecule has 1 aromatic rings. The summed E-state index contributed by atoms with van der Waals surface area (Å²) in [6.07, 6.45) is 1.05. The summed E-state index contributed by atoms with van der Waals surface area (Å²) in [6.45, 7) is 7.18. The molecule has 3 nitrogen and oxygen atoms in total. The zero-order chi connectivity index (χ0) is 10.6. The fourth-order valence-electron chi connectivity index (χ4n) is 1.34. The molecule has 1 unspecified atom stereocenters. The third kappa shape index (κ3) is 4.07. The zero-order valence-electron chi connectivity index (χ0n) is 9.08. The molecular weight excluding hydrogens is 194 g/mol. The highest BCUT2D eigenvalue weighted by Crippen LogP contribution is 2.14. The molecule has 0 radical (unpaired) electrons. The predicted molar refractivity (Wildman–Crippen MR) is 62.8 cm³/mol. The fourth-order valence-corrected chi connectivity index (χ4v) is 2.04. The Morgan fingerprint density at radius 2 is 2.29 bits per heavy atom. The maximum Gasteiger partial charge on any atom is 0.182 e. The molecular formula is C10H19N3S. The highest BCUT2D eigenvalue weighted by molar-refractivity contribution is 7.13. The minimum atomic E-state index is 0.221. The molecule has 0 aliphatic rings. The molecule has 0 aliphatic heterocycles. The SMILES string of the molecule is Cc1csc(NCC(N)CC(C)C)n1. The molecule has 0 fully saturated rings. The lowest BCUT2D eigenvalue weighted by atomic mass is 10.1. The molecule has 0 amide bonds. The second kappa shape index (κ2) is 5.32. The Balaban J connectivity index is 2.26. The topological polar surface area (TPSA) is 50.9 Å². The van der Waals surface area contributed by atoms with Gasteiger partial charge in [-0.25, -0.2) is 4.98 Å². The van der Waals surface area contributed by atoms with Crippen LogP contribution in [0, 0.1) is 12.8 Å². The van der Waals surface area contributed by atoms with Crippen molar-refractivity contribution in [2.45, 2.75) is 33.2 Å². The molecule has 0 spiro atoms. The van der Waals surface area contributed by atoms with Gasteiger partial charge < -0.3 is 11.1 Å². The number of nitrogens with two attached hydrogens (primary N) is 1. The number of aromatic nitrogens is 1. The van der Waals surface area contributed by atoms with Crippen molar-refractivity contribution < 1.29 is 0 Å². The van der Waals surface area contributed by atoms with Crippen molar-refractivity contribution in [3.05, 3.63) is 11.1 Å². The fraction of sp³-hybridized carbons (Fsp3) is 0.700. The van der Waals surface area contributed by atoms with Gasteiger partial charge in [-0.3, -0.25) is 0 Å². The third-order valence-corrected chi connectivity index (χ3v) is 2.83. The van der Waals surface area contributed by atoms with Crippen LogP contribution in [0.4, 0.5) is 5.13 Å². The number of nitrogens with one attached hydrogen (secondary N) is 1. The van der Waals surface area contributed by atoms with Crippen molar-refractivity contribution in [1.29, 1.82) is 0 Å². The highest BCUT2D eigenvalue weighted by atomic mass is 32.1. The summed E-state index contributed by atoms with van der Waals surface area (Å²) in [5.41, 5.74) is 7.01. The van der Waals surface area contributed by atoms with Crippen molar-refractivity contribution in [1.82, 2.24) is 4.98 Å². The van der Waals surface area contributed by atoms with E-state index in [9.17, 15) is 0 Å². The van der Waals surface area contributed by atoms with E-state index < -0.39 is 0 Å². The number of anilines is 1. The molecule has 1 rings (SSSR count). The van der Waals surface area contributed by atoms with E-state index >= 15 is 0 Å². The van der Waals surface area contributed by atoms with Crippen LogP contribution in [0.5, 0.6) is 0 Å². The molecule has 1 atom stereocenters. The summed E-state index contributed by atoms with van der Waals surface area (Å²) in [5, 5.41) is 6.26. The number of rotatable bonds is 5. The van der Waals surface area contributed by atoms with Crippen LogP contribution in [0.3, 0.4) is 0 Å². The van der Waals surface area contributed by atoms with Crippen LogP contribution in [0.1, 0.15) is 26.0 Å². The first-order chi connectivity index (χ1) is 6.58. The number of nitrogens with zero attached hydrogens (tertiary/aromatic N) is 1. The summed E-state index contributed by atoms with van der Waals surface area (Å²) < 4.78 is 0. The smallest absolute Gasteiger partial charge is 0.182 e.